The fourth-order valence-corrected chi connectivity index (χ4v) is 5.90. The summed E-state index contributed by atoms with van der Waals surface area (Å²) < 4.78 is 5.00. The van der Waals surface area contributed by atoms with Crippen LogP contribution in [0, 0.1) is 36.0 Å². The van der Waals surface area contributed by atoms with Gasteiger partial charge in [-0.3, -0.25) is 9.59 Å². The molecule has 0 unspecified atom stereocenters. The van der Waals surface area contributed by atoms with E-state index in [0.29, 0.717) is 18.1 Å². The zero-order chi connectivity index (χ0) is 19.8. The van der Waals surface area contributed by atoms with Crippen LogP contribution in [0.4, 0.5) is 0 Å². The highest BCUT2D eigenvalue weighted by molar-refractivity contribution is 5.82. The zero-order valence-corrected chi connectivity index (χ0v) is 17.0. The number of ketones is 1. The number of carbonyl (C=O) groups is 2. The first kappa shape index (κ1) is 19.9. The summed E-state index contributed by atoms with van der Waals surface area (Å²) in [6, 6.07) is 5.46. The van der Waals surface area contributed by atoms with Gasteiger partial charge < -0.3 is 9.84 Å². The molecule has 4 nitrogen and oxygen atoms in total. The number of fused-ring (bicyclic) bond motifs is 1. The van der Waals surface area contributed by atoms with Crippen LogP contribution in [-0.4, -0.2) is 24.0 Å². The number of methoxy groups -OCH3 is 1. The first-order valence-electron chi connectivity index (χ1n) is 10.2. The van der Waals surface area contributed by atoms with Crippen LogP contribution in [0.5, 0.6) is 5.75 Å². The molecular weight excluding hydrogens is 340 g/mol. The highest BCUT2D eigenvalue weighted by Gasteiger charge is 2.55. The first-order valence-corrected chi connectivity index (χ1v) is 10.2. The minimum Gasteiger partial charge on any atom is -0.508 e. The van der Waals surface area contributed by atoms with E-state index < -0.39 is 0 Å². The Morgan fingerprint density at radius 1 is 1.37 bits per heavy atom. The molecule has 0 saturated heterocycles. The number of aromatic hydroxyl groups is 1. The van der Waals surface area contributed by atoms with Crippen molar-refractivity contribution >= 4 is 11.8 Å². The van der Waals surface area contributed by atoms with Crippen molar-refractivity contribution in [3.63, 3.8) is 0 Å². The number of carbonyl (C=O) groups excluding carboxylic acids is 2. The van der Waals surface area contributed by atoms with Crippen molar-refractivity contribution in [2.75, 3.05) is 7.11 Å². The summed E-state index contributed by atoms with van der Waals surface area (Å²) in [6.45, 7) is 6.31. The summed E-state index contributed by atoms with van der Waals surface area (Å²) in [7, 11) is 1.46. The third kappa shape index (κ3) is 3.63. The van der Waals surface area contributed by atoms with E-state index in [1.165, 1.54) is 7.11 Å². The van der Waals surface area contributed by atoms with E-state index in [1.54, 1.807) is 6.07 Å². The first-order chi connectivity index (χ1) is 12.8. The summed E-state index contributed by atoms with van der Waals surface area (Å²) in [5.74, 6) is 1.09. The lowest BCUT2D eigenvalue weighted by molar-refractivity contribution is -0.149. The van der Waals surface area contributed by atoms with Crippen molar-refractivity contribution in [2.24, 2.45) is 29.1 Å². The molecule has 5 atom stereocenters. The van der Waals surface area contributed by atoms with Gasteiger partial charge in [0.15, 0.2) is 0 Å². The lowest BCUT2D eigenvalue weighted by atomic mass is 9.58. The fourth-order valence-electron chi connectivity index (χ4n) is 5.90. The topological polar surface area (TPSA) is 63.6 Å². The van der Waals surface area contributed by atoms with Crippen LogP contribution in [0.3, 0.4) is 0 Å². The van der Waals surface area contributed by atoms with Gasteiger partial charge in [0, 0.05) is 12.3 Å². The molecule has 3 rings (SSSR count). The summed E-state index contributed by atoms with van der Waals surface area (Å²) in [6.07, 6.45) is 5.12. The Morgan fingerprint density at radius 3 is 2.81 bits per heavy atom. The molecule has 4 heteroatoms. The van der Waals surface area contributed by atoms with Crippen LogP contribution in [-0.2, 0) is 20.7 Å². The van der Waals surface area contributed by atoms with Crippen molar-refractivity contribution in [1.82, 2.24) is 0 Å². The van der Waals surface area contributed by atoms with Gasteiger partial charge in [0.25, 0.3) is 0 Å². The third-order valence-corrected chi connectivity index (χ3v) is 7.53. The number of esters is 1. The number of phenolic OH excluding ortho intramolecular Hbond substituents is 1. The molecule has 0 aromatic heterocycles. The molecule has 1 N–H and O–H groups in total. The average molecular weight is 373 g/mol. The molecule has 0 spiro atoms. The molecule has 0 bridgehead atoms. The maximum atomic E-state index is 12.8. The summed E-state index contributed by atoms with van der Waals surface area (Å²) in [4.78, 5) is 24.9. The monoisotopic (exact) mass is 372 g/mol. The Morgan fingerprint density at radius 2 is 2.11 bits per heavy atom. The number of phenols is 1. The van der Waals surface area contributed by atoms with Crippen molar-refractivity contribution in [3.8, 4) is 5.75 Å². The van der Waals surface area contributed by atoms with Crippen LogP contribution in [0.2, 0.25) is 0 Å². The Hall–Kier alpha value is -1.84. The second-order valence-corrected chi connectivity index (χ2v) is 8.83. The molecule has 0 heterocycles. The molecule has 2 aliphatic rings. The van der Waals surface area contributed by atoms with Crippen molar-refractivity contribution in [1.29, 1.82) is 0 Å². The van der Waals surface area contributed by atoms with Crippen molar-refractivity contribution in [2.45, 2.75) is 59.3 Å². The van der Waals surface area contributed by atoms with Crippen molar-refractivity contribution < 1.29 is 19.4 Å². The van der Waals surface area contributed by atoms with Gasteiger partial charge in [0.1, 0.15) is 11.5 Å². The zero-order valence-electron chi connectivity index (χ0n) is 17.0. The molecule has 2 fully saturated rings. The SMILES string of the molecule is COC(=O)[C@@H](C)[C@H]1CC[C@H]2[C@H](CCc3cc(O)ccc3C)C(=O)CC[C@]12C. The van der Waals surface area contributed by atoms with Crippen LogP contribution in [0.25, 0.3) is 0 Å². The Bertz CT molecular complexity index is 725. The fraction of sp³-hybridized carbons (Fsp3) is 0.652. The quantitative estimate of drug-likeness (QED) is 0.776. The van der Waals surface area contributed by atoms with Crippen LogP contribution < -0.4 is 0 Å². The predicted octanol–water partition coefficient (Wildman–Crippen LogP) is 4.45. The number of rotatable bonds is 5. The molecule has 0 aliphatic heterocycles. The van der Waals surface area contributed by atoms with E-state index in [0.717, 1.165) is 43.2 Å². The molecule has 2 saturated carbocycles. The molecule has 148 valence electrons. The molecular formula is C23H32O4. The van der Waals surface area contributed by atoms with Gasteiger partial charge in [-0.1, -0.05) is 19.9 Å². The number of aryl methyl sites for hydroxylation is 2. The number of ether oxygens (including phenoxy) is 1. The standard InChI is InChI=1S/C23H32O4/c1-14-5-7-17(24)13-16(14)6-8-18-20-10-9-19(15(2)22(26)27-4)23(20,3)12-11-21(18)25/h5,7,13,15,18-20,24H,6,8-12H2,1-4H3/t15-,18-,19+,20-,23+/m0/s1. The average Bonchev–Trinajstić information content (AvgIpc) is 3.00. The number of hydrogen-bond donors (Lipinski definition) is 1. The van der Waals surface area contributed by atoms with Crippen LogP contribution in [0.15, 0.2) is 18.2 Å². The highest BCUT2D eigenvalue weighted by atomic mass is 16.5. The number of benzene rings is 1. The smallest absolute Gasteiger partial charge is 0.308 e. The maximum Gasteiger partial charge on any atom is 0.308 e. The lowest BCUT2D eigenvalue weighted by Crippen LogP contribution is -2.44. The highest BCUT2D eigenvalue weighted by Crippen LogP contribution is 2.59. The van der Waals surface area contributed by atoms with E-state index in [-0.39, 0.29) is 34.9 Å². The molecule has 0 radical (unpaired) electrons. The Labute approximate surface area is 162 Å². The Balaban J connectivity index is 1.77. The van der Waals surface area contributed by atoms with E-state index >= 15 is 0 Å². The second-order valence-electron chi connectivity index (χ2n) is 8.83. The minimum absolute atomic E-state index is 0.0278. The Kier molecular flexibility index (Phi) is 5.64. The normalized spacial score (nSPS) is 31.4. The summed E-state index contributed by atoms with van der Waals surface area (Å²) in [5, 5.41) is 9.78. The van der Waals surface area contributed by atoms with Gasteiger partial charge >= 0.3 is 5.97 Å². The molecule has 0 amide bonds. The van der Waals surface area contributed by atoms with Gasteiger partial charge in [-0.15, -0.1) is 0 Å². The van der Waals surface area contributed by atoms with Crippen LogP contribution >= 0.6 is 0 Å². The molecule has 2 aliphatic carbocycles. The van der Waals surface area contributed by atoms with E-state index in [2.05, 4.69) is 6.92 Å². The lowest BCUT2D eigenvalue weighted by Gasteiger charge is -2.45. The molecule has 1 aromatic rings. The minimum atomic E-state index is -0.134. The van der Waals surface area contributed by atoms with Gasteiger partial charge in [-0.2, -0.15) is 0 Å². The summed E-state index contributed by atoms with van der Waals surface area (Å²) in [5.41, 5.74) is 2.30. The second kappa shape index (κ2) is 7.65. The third-order valence-electron chi connectivity index (χ3n) is 7.53. The number of Topliss-reactive ketones (excluding diaryl/α,β-unsaturated/α-hetero) is 1. The van der Waals surface area contributed by atoms with E-state index in [1.807, 2.05) is 26.0 Å². The van der Waals surface area contributed by atoms with Gasteiger partial charge in [-0.25, -0.2) is 0 Å². The predicted molar refractivity (Wildman–Crippen MR) is 104 cm³/mol. The van der Waals surface area contributed by atoms with Gasteiger partial charge in [0.2, 0.25) is 0 Å². The van der Waals surface area contributed by atoms with Crippen molar-refractivity contribution in [3.05, 3.63) is 29.3 Å². The van der Waals surface area contributed by atoms with Crippen LogP contribution in [0.1, 0.15) is 57.1 Å². The number of hydrogen-bond acceptors (Lipinski definition) is 4. The summed E-state index contributed by atoms with van der Waals surface area (Å²) >= 11 is 0. The van der Waals surface area contributed by atoms with E-state index in [4.69, 9.17) is 4.74 Å². The largest absolute Gasteiger partial charge is 0.508 e. The van der Waals surface area contributed by atoms with E-state index in [9.17, 15) is 14.7 Å². The molecule has 1 aromatic carbocycles. The van der Waals surface area contributed by atoms with Gasteiger partial charge in [0.05, 0.1) is 13.0 Å². The van der Waals surface area contributed by atoms with Gasteiger partial charge in [-0.05, 0) is 79.5 Å². The molecule has 27 heavy (non-hydrogen) atoms. The maximum absolute atomic E-state index is 12.8.